The van der Waals surface area contributed by atoms with Gasteiger partial charge in [0, 0.05) is 16.8 Å². The fourth-order valence-electron chi connectivity index (χ4n) is 5.41. The molecule has 0 saturated carbocycles. The molecule has 2 aliphatic heterocycles. The number of anilines is 2. The molecule has 0 amide bonds. The Balaban J connectivity index is 1.49. The van der Waals surface area contributed by atoms with Crippen molar-refractivity contribution in [3.63, 3.8) is 0 Å². The van der Waals surface area contributed by atoms with E-state index < -0.39 is 0 Å². The fraction of sp³-hybridized carbons (Fsp3) is 0.125. The molecule has 0 unspecified atom stereocenters. The van der Waals surface area contributed by atoms with Gasteiger partial charge in [0.15, 0.2) is 23.3 Å². The molecule has 0 spiro atoms. The minimum absolute atomic E-state index is 0.274. The third kappa shape index (κ3) is 4.33. The van der Waals surface area contributed by atoms with Crippen LogP contribution >= 0.6 is 11.6 Å². The predicted octanol–water partition coefficient (Wildman–Crippen LogP) is 7.42. The SMILES string of the molecule is CCOc1ccccc1NC1=Nc2ccccc2N2C1=Nc1c(c(C)nn1-c1ccccn1)[C@H]2c1cccc(Cl)c1. The molecule has 5 aromatic rings. The lowest BCUT2D eigenvalue weighted by Crippen LogP contribution is -2.46. The van der Waals surface area contributed by atoms with Crippen molar-refractivity contribution in [1.29, 1.82) is 0 Å². The third-order valence-corrected chi connectivity index (χ3v) is 7.34. The lowest BCUT2D eigenvalue weighted by atomic mass is 9.93. The number of fused-ring (bicyclic) bond motifs is 4. The molecular formula is C32H26ClN7O. The number of aliphatic imine (C=N–C) groups is 2. The molecule has 0 radical (unpaired) electrons. The van der Waals surface area contributed by atoms with Gasteiger partial charge in [-0.25, -0.2) is 15.0 Å². The topological polar surface area (TPSA) is 79.9 Å². The normalized spacial score (nSPS) is 15.3. The molecule has 0 fully saturated rings. The first-order chi connectivity index (χ1) is 20.1. The van der Waals surface area contributed by atoms with Crippen molar-refractivity contribution in [2.45, 2.75) is 19.9 Å². The highest BCUT2D eigenvalue weighted by atomic mass is 35.5. The maximum atomic E-state index is 6.56. The Morgan fingerprint density at radius 1 is 0.927 bits per heavy atom. The summed E-state index contributed by atoms with van der Waals surface area (Å²) in [5.41, 5.74) is 5.42. The number of ether oxygens (including phenoxy) is 1. The summed E-state index contributed by atoms with van der Waals surface area (Å²) >= 11 is 6.56. The van der Waals surface area contributed by atoms with Crippen LogP contribution < -0.4 is 15.0 Å². The third-order valence-electron chi connectivity index (χ3n) is 7.11. The minimum atomic E-state index is -0.274. The molecule has 41 heavy (non-hydrogen) atoms. The number of nitrogens with one attached hydrogen (secondary N) is 1. The van der Waals surface area contributed by atoms with Crippen LogP contribution in [0, 0.1) is 6.92 Å². The summed E-state index contributed by atoms with van der Waals surface area (Å²) in [4.78, 5) is 17.1. The predicted molar refractivity (Wildman–Crippen MR) is 164 cm³/mol. The highest BCUT2D eigenvalue weighted by Gasteiger charge is 2.41. The number of aryl methyl sites for hydroxylation is 1. The van der Waals surface area contributed by atoms with Crippen LogP contribution in [0.3, 0.4) is 0 Å². The molecule has 0 saturated heterocycles. The van der Waals surface area contributed by atoms with Gasteiger partial charge in [-0.05, 0) is 67.9 Å². The molecule has 0 bridgehead atoms. The molecule has 2 aliphatic rings. The van der Waals surface area contributed by atoms with E-state index in [4.69, 9.17) is 31.4 Å². The van der Waals surface area contributed by atoms with E-state index in [0.717, 1.165) is 39.6 Å². The van der Waals surface area contributed by atoms with E-state index in [2.05, 4.69) is 27.3 Å². The summed E-state index contributed by atoms with van der Waals surface area (Å²) in [6.45, 7) is 4.53. The van der Waals surface area contributed by atoms with Gasteiger partial charge in [-0.3, -0.25) is 0 Å². The second kappa shape index (κ2) is 10.2. The zero-order chi connectivity index (χ0) is 27.9. The van der Waals surface area contributed by atoms with Crippen molar-refractivity contribution in [2.24, 2.45) is 9.98 Å². The minimum Gasteiger partial charge on any atom is -0.492 e. The molecule has 4 heterocycles. The molecule has 9 heteroatoms. The second-order valence-electron chi connectivity index (χ2n) is 9.69. The quantitative estimate of drug-likeness (QED) is 0.242. The van der Waals surface area contributed by atoms with Gasteiger partial charge in [0.2, 0.25) is 0 Å². The molecule has 8 nitrogen and oxygen atoms in total. The molecule has 7 rings (SSSR count). The Morgan fingerprint density at radius 3 is 2.59 bits per heavy atom. The Hall–Kier alpha value is -4.95. The summed E-state index contributed by atoms with van der Waals surface area (Å²) in [6.07, 6.45) is 1.76. The maximum Gasteiger partial charge on any atom is 0.179 e. The standard InChI is InChI=1S/C32H26ClN7O/c1-3-41-26-16-7-5-14-24(26)36-30-32-37-31-28(20(2)38-40(31)27-17-8-9-18-34-27)29(21-11-10-12-22(33)19-21)39(32)25-15-6-4-13-23(25)35-30/h4-19,29H,3H2,1-2H3,(H,35,36)/t29-/m1/s1. The Kier molecular flexibility index (Phi) is 6.24. The van der Waals surface area contributed by atoms with Crippen LogP contribution in [0.1, 0.15) is 29.8 Å². The zero-order valence-electron chi connectivity index (χ0n) is 22.5. The maximum absolute atomic E-state index is 6.56. The van der Waals surface area contributed by atoms with Crippen LogP contribution in [0.4, 0.5) is 22.9 Å². The Bertz CT molecular complexity index is 1830. The van der Waals surface area contributed by atoms with Crippen LogP contribution in [-0.2, 0) is 0 Å². The van der Waals surface area contributed by atoms with Gasteiger partial charge in [-0.2, -0.15) is 9.78 Å². The summed E-state index contributed by atoms with van der Waals surface area (Å²) in [6, 6.07) is 29.4. The van der Waals surface area contributed by atoms with E-state index in [1.165, 1.54) is 0 Å². The highest BCUT2D eigenvalue weighted by molar-refractivity contribution is 6.51. The lowest BCUT2D eigenvalue weighted by molar-refractivity contribution is 0.342. The molecule has 1 N–H and O–H groups in total. The number of benzene rings is 3. The lowest BCUT2D eigenvalue weighted by Gasteiger charge is -2.40. The fourth-order valence-corrected chi connectivity index (χ4v) is 5.61. The van der Waals surface area contributed by atoms with E-state index >= 15 is 0 Å². The van der Waals surface area contributed by atoms with Gasteiger partial charge in [0.1, 0.15) is 5.75 Å². The first-order valence-corrected chi connectivity index (χ1v) is 13.8. The van der Waals surface area contributed by atoms with Gasteiger partial charge < -0.3 is 15.0 Å². The molecule has 202 valence electrons. The first-order valence-electron chi connectivity index (χ1n) is 13.4. The number of para-hydroxylation sites is 4. The summed E-state index contributed by atoms with van der Waals surface area (Å²) < 4.78 is 7.72. The van der Waals surface area contributed by atoms with Gasteiger partial charge in [0.25, 0.3) is 0 Å². The number of pyridine rings is 1. The molecule has 0 aliphatic carbocycles. The summed E-state index contributed by atoms with van der Waals surface area (Å²) in [5, 5.41) is 9.12. The van der Waals surface area contributed by atoms with Crippen molar-refractivity contribution >= 4 is 46.2 Å². The monoisotopic (exact) mass is 559 g/mol. The number of rotatable bonds is 5. The number of nitrogens with zero attached hydrogens (tertiary/aromatic N) is 6. The summed E-state index contributed by atoms with van der Waals surface area (Å²) in [5.74, 6) is 3.37. The van der Waals surface area contributed by atoms with Gasteiger partial charge in [-0.1, -0.05) is 54.1 Å². The first kappa shape index (κ1) is 25.0. The van der Waals surface area contributed by atoms with Gasteiger partial charge in [-0.15, -0.1) is 0 Å². The van der Waals surface area contributed by atoms with Gasteiger partial charge in [0.05, 0.1) is 35.4 Å². The molecule has 2 aromatic heterocycles. The smallest absolute Gasteiger partial charge is 0.179 e. The van der Waals surface area contributed by atoms with Crippen molar-refractivity contribution in [3.05, 3.63) is 119 Å². The second-order valence-corrected chi connectivity index (χ2v) is 10.1. The van der Waals surface area contributed by atoms with Crippen LogP contribution in [0.5, 0.6) is 5.75 Å². The van der Waals surface area contributed by atoms with E-state index in [-0.39, 0.29) is 6.04 Å². The average molecular weight is 560 g/mol. The molecular weight excluding hydrogens is 534 g/mol. The van der Waals surface area contributed by atoms with Crippen LogP contribution in [0.25, 0.3) is 5.82 Å². The van der Waals surface area contributed by atoms with Crippen LogP contribution in [0.15, 0.2) is 107 Å². The number of hydrogen-bond acceptors (Lipinski definition) is 7. The van der Waals surface area contributed by atoms with Crippen molar-refractivity contribution in [3.8, 4) is 11.6 Å². The van der Waals surface area contributed by atoms with E-state index in [1.54, 1.807) is 10.9 Å². The van der Waals surface area contributed by atoms with E-state index in [1.807, 2.05) is 92.7 Å². The number of hydrogen-bond donors (Lipinski definition) is 1. The number of aromatic nitrogens is 3. The summed E-state index contributed by atoms with van der Waals surface area (Å²) in [7, 11) is 0. The van der Waals surface area contributed by atoms with Crippen molar-refractivity contribution < 1.29 is 4.74 Å². The largest absolute Gasteiger partial charge is 0.492 e. The van der Waals surface area contributed by atoms with Crippen molar-refractivity contribution in [1.82, 2.24) is 14.8 Å². The van der Waals surface area contributed by atoms with Gasteiger partial charge >= 0.3 is 0 Å². The van der Waals surface area contributed by atoms with E-state index in [9.17, 15) is 0 Å². The van der Waals surface area contributed by atoms with Crippen LogP contribution in [-0.4, -0.2) is 33.0 Å². The molecule has 3 aromatic carbocycles. The number of halogens is 1. The average Bonchev–Trinajstić information content (AvgIpc) is 3.33. The molecule has 1 atom stereocenters. The Morgan fingerprint density at radius 2 is 1.76 bits per heavy atom. The van der Waals surface area contributed by atoms with Crippen molar-refractivity contribution in [2.75, 3.05) is 16.8 Å². The highest BCUT2D eigenvalue weighted by Crippen LogP contribution is 2.48. The number of amidine groups is 2. The zero-order valence-corrected chi connectivity index (χ0v) is 23.2. The Labute approximate surface area is 242 Å². The van der Waals surface area contributed by atoms with Crippen LogP contribution in [0.2, 0.25) is 5.02 Å². The van der Waals surface area contributed by atoms with E-state index in [0.29, 0.717) is 34.9 Å².